The molecule has 0 unspecified atom stereocenters. The van der Waals surface area contributed by atoms with Crippen LogP contribution in [-0.2, 0) is 5.41 Å². The number of nitrogens with zero attached hydrogens (tertiary/aromatic N) is 3. The number of likely N-dealkylation sites (tertiary alicyclic amines) is 1. The molecule has 6 heteroatoms. The number of hydrogen-bond donors (Lipinski definition) is 1. The van der Waals surface area contributed by atoms with E-state index >= 15 is 0 Å². The molecule has 6 rings (SSSR count). The molecule has 2 fully saturated rings. The molecule has 1 aromatic heterocycles. The van der Waals surface area contributed by atoms with Gasteiger partial charge in [-0.1, -0.05) is 49.1 Å². The van der Waals surface area contributed by atoms with Gasteiger partial charge in [0.1, 0.15) is 5.82 Å². The second-order valence-electron chi connectivity index (χ2n) is 10.3. The first-order valence-corrected chi connectivity index (χ1v) is 13.2. The van der Waals surface area contributed by atoms with Gasteiger partial charge in [0.2, 0.25) is 0 Å². The van der Waals surface area contributed by atoms with Gasteiger partial charge in [0.15, 0.2) is 0 Å². The molecule has 0 radical (unpaired) electrons. The Bertz CT molecular complexity index is 1290. The number of halogens is 1. The van der Waals surface area contributed by atoms with Crippen molar-refractivity contribution in [2.45, 2.75) is 62.7 Å². The van der Waals surface area contributed by atoms with Gasteiger partial charge in [0.05, 0.1) is 27.0 Å². The summed E-state index contributed by atoms with van der Waals surface area (Å²) in [5, 5.41) is 10.1. The van der Waals surface area contributed by atoms with Crippen LogP contribution in [0.4, 0.5) is 0 Å². The highest BCUT2D eigenvalue weighted by atomic mass is 35.5. The van der Waals surface area contributed by atoms with Gasteiger partial charge < -0.3 is 10.0 Å². The van der Waals surface area contributed by atoms with Crippen molar-refractivity contribution in [3.63, 3.8) is 0 Å². The van der Waals surface area contributed by atoms with E-state index in [0.717, 1.165) is 75.9 Å². The fraction of sp³-hybridized carbons (Fsp3) is 0.500. The quantitative estimate of drug-likeness (QED) is 0.563. The van der Waals surface area contributed by atoms with Crippen LogP contribution in [0, 0.1) is 0 Å². The predicted molar refractivity (Wildman–Crippen MR) is 136 cm³/mol. The number of benzene rings is 2. The van der Waals surface area contributed by atoms with E-state index in [0.29, 0.717) is 16.3 Å². The highest BCUT2D eigenvalue weighted by Gasteiger charge is 2.46. The monoisotopic (exact) mass is 477 g/mol. The minimum atomic E-state index is -0.208. The third-order valence-electron chi connectivity index (χ3n) is 8.47. The Morgan fingerprint density at radius 3 is 2.65 bits per heavy atom. The highest BCUT2D eigenvalue weighted by Crippen LogP contribution is 2.52. The van der Waals surface area contributed by atoms with Crippen molar-refractivity contribution in [2.75, 3.05) is 26.2 Å². The van der Waals surface area contributed by atoms with Crippen molar-refractivity contribution in [3.8, 4) is 5.69 Å². The summed E-state index contributed by atoms with van der Waals surface area (Å²) in [6.07, 6.45) is 8.78. The van der Waals surface area contributed by atoms with Crippen molar-refractivity contribution in [1.82, 2.24) is 14.5 Å². The zero-order valence-electron chi connectivity index (χ0n) is 19.6. The summed E-state index contributed by atoms with van der Waals surface area (Å²) in [5.74, 6) is 1.45. The van der Waals surface area contributed by atoms with E-state index in [1.54, 1.807) is 6.07 Å². The first kappa shape index (κ1) is 22.3. The fourth-order valence-corrected chi connectivity index (χ4v) is 6.99. The van der Waals surface area contributed by atoms with Crippen LogP contribution in [0.2, 0.25) is 5.02 Å². The van der Waals surface area contributed by atoms with Gasteiger partial charge in [-0.3, -0.25) is 9.36 Å². The van der Waals surface area contributed by atoms with Crippen LogP contribution < -0.4 is 5.56 Å². The van der Waals surface area contributed by atoms with E-state index < -0.39 is 0 Å². The first-order chi connectivity index (χ1) is 16.6. The highest BCUT2D eigenvalue weighted by molar-refractivity contribution is 6.35. The van der Waals surface area contributed by atoms with Gasteiger partial charge in [-0.2, -0.15) is 4.98 Å². The minimum absolute atomic E-state index is 0.171. The topological polar surface area (TPSA) is 58.4 Å². The van der Waals surface area contributed by atoms with Crippen molar-refractivity contribution in [2.24, 2.45) is 0 Å². The third-order valence-corrected chi connectivity index (χ3v) is 8.79. The summed E-state index contributed by atoms with van der Waals surface area (Å²) in [5.41, 5.74) is 4.40. The second kappa shape index (κ2) is 8.78. The third kappa shape index (κ3) is 3.43. The number of aliphatic hydroxyl groups excluding tert-OH is 1. The van der Waals surface area contributed by atoms with E-state index in [4.69, 9.17) is 21.7 Å². The Balaban J connectivity index is 1.47. The number of piperidine rings is 1. The largest absolute Gasteiger partial charge is 0.396 e. The standard InChI is InChI=1S/C28H32ClN3O2/c29-22-6-4-7-23-25(22)26(34)30-27-28(12-2-1-3-13-28)21-9-8-20(18-24(21)32(23)27)19-10-15-31(16-11-19)14-5-17-33/h4,6-9,18-19,33H,1-3,5,10-17H2. The van der Waals surface area contributed by atoms with Crippen LogP contribution in [0.5, 0.6) is 0 Å². The van der Waals surface area contributed by atoms with Crippen molar-refractivity contribution < 1.29 is 5.11 Å². The van der Waals surface area contributed by atoms with Crippen molar-refractivity contribution in [1.29, 1.82) is 0 Å². The molecule has 34 heavy (non-hydrogen) atoms. The van der Waals surface area contributed by atoms with Crippen LogP contribution in [0.1, 0.15) is 74.2 Å². The number of fused-ring (bicyclic) bond motifs is 7. The lowest BCUT2D eigenvalue weighted by Crippen LogP contribution is -2.34. The molecule has 1 spiro atoms. The number of aliphatic hydroxyl groups is 1. The van der Waals surface area contributed by atoms with E-state index in [2.05, 4.69) is 27.7 Å². The summed E-state index contributed by atoms with van der Waals surface area (Å²) in [6.45, 7) is 3.40. The summed E-state index contributed by atoms with van der Waals surface area (Å²) >= 11 is 6.50. The Kier molecular flexibility index (Phi) is 5.75. The van der Waals surface area contributed by atoms with Crippen LogP contribution in [0.15, 0.2) is 41.2 Å². The zero-order chi connectivity index (χ0) is 23.3. The molecule has 1 N–H and O–H groups in total. The average molecular weight is 478 g/mol. The molecular weight excluding hydrogens is 446 g/mol. The van der Waals surface area contributed by atoms with Crippen LogP contribution in [0.3, 0.4) is 0 Å². The lowest BCUT2D eigenvalue weighted by atomic mass is 9.69. The van der Waals surface area contributed by atoms with Crippen molar-refractivity contribution in [3.05, 3.63) is 68.7 Å². The summed E-state index contributed by atoms with van der Waals surface area (Å²) in [7, 11) is 0. The van der Waals surface area contributed by atoms with Gasteiger partial charge in [0, 0.05) is 13.2 Å². The summed E-state index contributed by atoms with van der Waals surface area (Å²) < 4.78 is 2.25. The van der Waals surface area contributed by atoms with Crippen molar-refractivity contribution >= 4 is 22.5 Å². The van der Waals surface area contributed by atoms with Gasteiger partial charge in [0.25, 0.3) is 5.56 Å². The molecule has 0 atom stereocenters. The molecule has 3 aromatic rings. The number of hydrogen-bond acceptors (Lipinski definition) is 4. The molecule has 3 aliphatic rings. The fourth-order valence-electron chi connectivity index (χ4n) is 6.74. The molecular formula is C28H32ClN3O2. The second-order valence-corrected chi connectivity index (χ2v) is 10.7. The zero-order valence-corrected chi connectivity index (χ0v) is 20.4. The van der Waals surface area contributed by atoms with E-state index in [1.165, 1.54) is 23.2 Å². The van der Waals surface area contributed by atoms with Gasteiger partial charge in [-0.25, -0.2) is 0 Å². The maximum atomic E-state index is 13.1. The van der Waals surface area contributed by atoms with E-state index in [9.17, 15) is 4.79 Å². The Labute approximate surface area is 205 Å². The normalized spacial score (nSPS) is 20.1. The Morgan fingerprint density at radius 2 is 1.88 bits per heavy atom. The number of aromatic nitrogens is 2. The average Bonchev–Trinajstić information content (AvgIpc) is 3.12. The summed E-state index contributed by atoms with van der Waals surface area (Å²) in [6, 6.07) is 12.8. The predicted octanol–water partition coefficient (Wildman–Crippen LogP) is 5.16. The maximum Gasteiger partial charge on any atom is 0.282 e. The molecule has 0 bridgehead atoms. The molecule has 0 amide bonds. The lowest BCUT2D eigenvalue weighted by Gasteiger charge is -2.34. The van der Waals surface area contributed by atoms with Crippen LogP contribution in [-0.4, -0.2) is 45.8 Å². The molecule has 1 aliphatic carbocycles. The molecule has 178 valence electrons. The molecule has 5 nitrogen and oxygen atoms in total. The molecule has 2 aromatic carbocycles. The SMILES string of the molecule is O=c1nc2n(c3cccc(Cl)c13)-c1cc(C3CCN(CCCO)CC3)ccc1C21CCCCC1. The smallest absolute Gasteiger partial charge is 0.282 e. The summed E-state index contributed by atoms with van der Waals surface area (Å²) in [4.78, 5) is 20.3. The van der Waals surface area contributed by atoms with Gasteiger partial charge in [-0.15, -0.1) is 0 Å². The molecule has 1 saturated heterocycles. The maximum absolute atomic E-state index is 13.1. The molecule has 2 aliphatic heterocycles. The Hall–Kier alpha value is -2.21. The van der Waals surface area contributed by atoms with Crippen LogP contribution in [0.25, 0.3) is 16.6 Å². The molecule has 1 saturated carbocycles. The minimum Gasteiger partial charge on any atom is -0.396 e. The van der Waals surface area contributed by atoms with E-state index in [1.807, 2.05) is 12.1 Å². The van der Waals surface area contributed by atoms with Gasteiger partial charge >= 0.3 is 0 Å². The van der Waals surface area contributed by atoms with Gasteiger partial charge in [-0.05, 0) is 80.4 Å². The first-order valence-electron chi connectivity index (χ1n) is 12.8. The Morgan fingerprint density at radius 1 is 1.09 bits per heavy atom. The van der Waals surface area contributed by atoms with E-state index in [-0.39, 0.29) is 17.6 Å². The number of rotatable bonds is 4. The lowest BCUT2D eigenvalue weighted by molar-refractivity contribution is 0.187. The molecule has 3 heterocycles. The van der Waals surface area contributed by atoms with Crippen LogP contribution >= 0.6 is 11.6 Å².